The van der Waals surface area contributed by atoms with E-state index < -0.39 is 5.97 Å². The van der Waals surface area contributed by atoms with Crippen LogP contribution in [0.4, 0.5) is 5.69 Å². The number of aromatic nitrogens is 1. The minimum Gasteiger partial charge on any atom is -0.478 e. The molecule has 0 atom stereocenters. The van der Waals surface area contributed by atoms with Gasteiger partial charge >= 0.3 is 5.97 Å². The Kier molecular flexibility index (Phi) is 3.58. The molecule has 1 aromatic heterocycles. The van der Waals surface area contributed by atoms with Gasteiger partial charge in [-0.1, -0.05) is 0 Å². The highest BCUT2D eigenvalue weighted by Gasteiger charge is 2.18. The first-order valence-electron chi connectivity index (χ1n) is 5.71. The van der Waals surface area contributed by atoms with Crippen molar-refractivity contribution in [3.8, 4) is 0 Å². The van der Waals surface area contributed by atoms with Crippen LogP contribution in [0.3, 0.4) is 0 Å². The minimum atomic E-state index is -0.933. The monoisotopic (exact) mass is 236 g/mol. The van der Waals surface area contributed by atoms with Crippen molar-refractivity contribution in [3.63, 3.8) is 0 Å². The number of rotatable bonds is 2. The second-order valence-corrected chi connectivity index (χ2v) is 4.10. The van der Waals surface area contributed by atoms with E-state index in [9.17, 15) is 4.79 Å². The highest BCUT2D eigenvalue weighted by molar-refractivity contribution is 5.94. The minimum absolute atomic E-state index is 0.262. The number of hydrogen-bond acceptors (Lipinski definition) is 4. The number of carbonyl (C=O) groups is 1. The van der Waals surface area contributed by atoms with Crippen molar-refractivity contribution in [2.45, 2.75) is 13.3 Å². The van der Waals surface area contributed by atoms with E-state index in [0.29, 0.717) is 6.61 Å². The van der Waals surface area contributed by atoms with E-state index >= 15 is 0 Å². The van der Waals surface area contributed by atoms with E-state index in [1.165, 1.54) is 6.20 Å². The lowest BCUT2D eigenvalue weighted by Gasteiger charge is -2.23. The molecule has 0 spiro atoms. The smallest absolute Gasteiger partial charge is 0.339 e. The second kappa shape index (κ2) is 5.14. The standard InChI is InChI=1S/C12H16N2O3/c1-9-7-11(10(8-13-9)12(15)16)14-3-2-5-17-6-4-14/h7-8H,2-6H2,1H3,(H,15,16). The van der Waals surface area contributed by atoms with Gasteiger partial charge in [0.05, 0.1) is 12.3 Å². The molecule has 0 bridgehead atoms. The zero-order valence-electron chi connectivity index (χ0n) is 9.85. The van der Waals surface area contributed by atoms with Crippen LogP contribution in [0.2, 0.25) is 0 Å². The van der Waals surface area contributed by atoms with Crippen molar-refractivity contribution in [2.24, 2.45) is 0 Å². The first kappa shape index (κ1) is 11.9. The summed E-state index contributed by atoms with van der Waals surface area (Å²) in [7, 11) is 0. The molecule has 0 amide bonds. The van der Waals surface area contributed by atoms with E-state index in [1.807, 2.05) is 13.0 Å². The quantitative estimate of drug-likeness (QED) is 0.839. The molecular weight excluding hydrogens is 220 g/mol. The maximum atomic E-state index is 11.2. The summed E-state index contributed by atoms with van der Waals surface area (Å²) in [5, 5.41) is 9.16. The molecule has 92 valence electrons. The molecule has 5 heteroatoms. The molecule has 0 aliphatic carbocycles. The molecule has 0 radical (unpaired) electrons. The summed E-state index contributed by atoms with van der Waals surface area (Å²) in [6.45, 7) is 4.79. The van der Waals surface area contributed by atoms with Crippen molar-refractivity contribution < 1.29 is 14.6 Å². The van der Waals surface area contributed by atoms with Gasteiger partial charge in [0, 0.05) is 31.6 Å². The summed E-state index contributed by atoms with van der Waals surface area (Å²) in [6, 6.07) is 1.83. The van der Waals surface area contributed by atoms with E-state index in [1.54, 1.807) is 0 Å². The average Bonchev–Trinajstić information content (AvgIpc) is 2.56. The predicted octanol–water partition coefficient (Wildman–Crippen LogP) is 1.31. The van der Waals surface area contributed by atoms with Crippen molar-refractivity contribution in [1.29, 1.82) is 0 Å². The lowest BCUT2D eigenvalue weighted by molar-refractivity contribution is 0.0697. The normalized spacial score (nSPS) is 16.6. The van der Waals surface area contributed by atoms with Gasteiger partial charge in [0.1, 0.15) is 5.56 Å². The molecule has 1 aromatic rings. The number of carboxylic acids is 1. The molecule has 0 unspecified atom stereocenters. The molecule has 0 aromatic carbocycles. The highest BCUT2D eigenvalue weighted by atomic mass is 16.5. The third-order valence-corrected chi connectivity index (χ3v) is 2.81. The number of hydrogen-bond donors (Lipinski definition) is 1. The first-order chi connectivity index (χ1) is 8.18. The lowest BCUT2D eigenvalue weighted by atomic mass is 10.2. The van der Waals surface area contributed by atoms with Crippen molar-refractivity contribution >= 4 is 11.7 Å². The molecule has 17 heavy (non-hydrogen) atoms. The van der Waals surface area contributed by atoms with Gasteiger partial charge in [-0.3, -0.25) is 4.98 Å². The molecule has 1 N–H and O–H groups in total. The Morgan fingerprint density at radius 1 is 1.47 bits per heavy atom. The van der Waals surface area contributed by atoms with Crippen molar-refractivity contribution in [1.82, 2.24) is 4.98 Å². The fourth-order valence-corrected chi connectivity index (χ4v) is 1.96. The summed E-state index contributed by atoms with van der Waals surface area (Å²) in [5.74, 6) is -0.933. The van der Waals surface area contributed by atoms with Crippen LogP contribution in [0.1, 0.15) is 22.5 Å². The van der Waals surface area contributed by atoms with Gasteiger partial charge in [-0.25, -0.2) is 4.79 Å². The second-order valence-electron chi connectivity index (χ2n) is 4.10. The number of aryl methyl sites for hydroxylation is 1. The zero-order valence-corrected chi connectivity index (χ0v) is 9.85. The summed E-state index contributed by atoms with van der Waals surface area (Å²) in [4.78, 5) is 17.3. The van der Waals surface area contributed by atoms with Gasteiger partial charge in [-0.05, 0) is 19.4 Å². The Morgan fingerprint density at radius 3 is 3.06 bits per heavy atom. The third-order valence-electron chi connectivity index (χ3n) is 2.81. The Morgan fingerprint density at radius 2 is 2.29 bits per heavy atom. The van der Waals surface area contributed by atoms with Crippen LogP contribution in [0.5, 0.6) is 0 Å². The Balaban J connectivity index is 2.34. The van der Waals surface area contributed by atoms with Crippen molar-refractivity contribution in [2.75, 3.05) is 31.2 Å². The summed E-state index contributed by atoms with van der Waals surface area (Å²) < 4.78 is 5.37. The van der Waals surface area contributed by atoms with Crippen LogP contribution in [-0.2, 0) is 4.74 Å². The maximum Gasteiger partial charge on any atom is 0.339 e. The zero-order chi connectivity index (χ0) is 12.3. The van der Waals surface area contributed by atoms with E-state index in [4.69, 9.17) is 9.84 Å². The fourth-order valence-electron chi connectivity index (χ4n) is 1.96. The molecule has 2 heterocycles. The van der Waals surface area contributed by atoms with Crippen LogP contribution in [-0.4, -0.2) is 42.4 Å². The van der Waals surface area contributed by atoms with Crippen LogP contribution in [0, 0.1) is 6.92 Å². The number of carboxylic acid groups (broad SMARTS) is 1. The average molecular weight is 236 g/mol. The maximum absolute atomic E-state index is 11.2. The summed E-state index contributed by atoms with van der Waals surface area (Å²) in [6.07, 6.45) is 2.35. The van der Waals surface area contributed by atoms with E-state index in [2.05, 4.69) is 9.88 Å². The van der Waals surface area contributed by atoms with E-state index in [-0.39, 0.29) is 5.56 Å². The third kappa shape index (κ3) is 2.74. The number of anilines is 1. The Bertz CT molecular complexity index is 412. The fraction of sp³-hybridized carbons (Fsp3) is 0.500. The molecule has 1 aliphatic rings. The van der Waals surface area contributed by atoms with Crippen LogP contribution < -0.4 is 4.90 Å². The molecule has 1 aliphatic heterocycles. The van der Waals surface area contributed by atoms with Crippen molar-refractivity contribution in [3.05, 3.63) is 23.5 Å². The molecule has 1 fully saturated rings. The van der Waals surface area contributed by atoms with Gasteiger partial charge in [0.25, 0.3) is 0 Å². The number of ether oxygens (including phenoxy) is 1. The number of nitrogens with zero attached hydrogens (tertiary/aromatic N) is 2. The van der Waals surface area contributed by atoms with Gasteiger partial charge in [0.2, 0.25) is 0 Å². The highest BCUT2D eigenvalue weighted by Crippen LogP contribution is 2.22. The lowest BCUT2D eigenvalue weighted by Crippen LogP contribution is -2.28. The van der Waals surface area contributed by atoms with E-state index in [0.717, 1.165) is 37.5 Å². The number of aromatic carboxylic acids is 1. The first-order valence-corrected chi connectivity index (χ1v) is 5.71. The molecular formula is C12H16N2O3. The molecule has 0 saturated carbocycles. The Hall–Kier alpha value is -1.62. The predicted molar refractivity (Wildman–Crippen MR) is 63.6 cm³/mol. The largest absolute Gasteiger partial charge is 0.478 e. The summed E-state index contributed by atoms with van der Waals surface area (Å²) >= 11 is 0. The van der Waals surface area contributed by atoms with Gasteiger partial charge in [0.15, 0.2) is 0 Å². The Labute approximate surface area is 100 Å². The summed E-state index contributed by atoms with van der Waals surface area (Å²) in [5.41, 5.74) is 1.84. The van der Waals surface area contributed by atoms with Gasteiger partial charge in [-0.2, -0.15) is 0 Å². The van der Waals surface area contributed by atoms with Crippen LogP contribution >= 0.6 is 0 Å². The number of pyridine rings is 1. The topological polar surface area (TPSA) is 62.7 Å². The van der Waals surface area contributed by atoms with Gasteiger partial charge in [-0.15, -0.1) is 0 Å². The molecule has 1 saturated heterocycles. The van der Waals surface area contributed by atoms with Gasteiger partial charge < -0.3 is 14.7 Å². The van der Waals surface area contributed by atoms with Crippen LogP contribution in [0.25, 0.3) is 0 Å². The van der Waals surface area contributed by atoms with Crippen LogP contribution in [0.15, 0.2) is 12.3 Å². The SMILES string of the molecule is Cc1cc(N2CCCOCC2)c(C(=O)O)cn1. The molecule has 5 nitrogen and oxygen atoms in total. The molecule has 2 rings (SSSR count).